The molecule has 0 fully saturated rings. The smallest absolute Gasteiger partial charge is 0.333 e. The summed E-state index contributed by atoms with van der Waals surface area (Å²) < 4.78 is 46.2. The first kappa shape index (κ1) is 24.7. The van der Waals surface area contributed by atoms with Crippen LogP contribution in [0.5, 0.6) is 0 Å². The van der Waals surface area contributed by atoms with Crippen molar-refractivity contribution in [3.05, 3.63) is 41.5 Å². The highest BCUT2D eigenvalue weighted by Crippen LogP contribution is 2.46. The van der Waals surface area contributed by atoms with Gasteiger partial charge in [-0.3, -0.25) is 4.79 Å². The standard InChI is InChI=1S/C23H30F3N3O2/c1-15(2)31-19(30)23(27,14-21(3,4)5)22(6)10-9-17(18(24)11-22)8-7-16-12-28-29(13-16)20(25)26/h9,11-13,15,20H,10,14,27H2,1-6H3. The monoisotopic (exact) mass is 437 g/mol. The number of alkyl halides is 2. The summed E-state index contributed by atoms with van der Waals surface area (Å²) in [6, 6.07) is 0. The summed E-state index contributed by atoms with van der Waals surface area (Å²) >= 11 is 0. The summed E-state index contributed by atoms with van der Waals surface area (Å²) in [5, 5.41) is 3.50. The third-order valence-electron chi connectivity index (χ3n) is 5.11. The maximum absolute atomic E-state index is 15.0. The zero-order valence-electron chi connectivity index (χ0n) is 18.8. The number of hydrogen-bond acceptors (Lipinski definition) is 4. The van der Waals surface area contributed by atoms with E-state index >= 15 is 4.39 Å². The SMILES string of the molecule is CC(C)OC(=O)C(N)(CC(C)(C)C)C1(C)C=C(F)C(C#Cc2cnn(C(F)F)c2)=CC1. The molecule has 1 aliphatic carbocycles. The van der Waals surface area contributed by atoms with E-state index in [0.717, 1.165) is 6.20 Å². The van der Waals surface area contributed by atoms with E-state index in [-0.39, 0.29) is 35.5 Å². The minimum atomic E-state index is -2.77. The lowest BCUT2D eigenvalue weighted by molar-refractivity contribution is -0.160. The number of allylic oxidation sites excluding steroid dienone is 3. The van der Waals surface area contributed by atoms with Crippen molar-refractivity contribution in [1.82, 2.24) is 9.78 Å². The maximum atomic E-state index is 15.0. The Morgan fingerprint density at radius 3 is 2.48 bits per heavy atom. The summed E-state index contributed by atoms with van der Waals surface area (Å²) in [6.45, 7) is 8.29. The number of aromatic nitrogens is 2. The van der Waals surface area contributed by atoms with Crippen LogP contribution in [0.2, 0.25) is 0 Å². The van der Waals surface area contributed by atoms with Gasteiger partial charge in [-0.05, 0) is 38.2 Å². The third-order valence-corrected chi connectivity index (χ3v) is 5.11. The molecule has 0 spiro atoms. The van der Waals surface area contributed by atoms with E-state index in [9.17, 15) is 13.6 Å². The number of carbonyl (C=O) groups excluding carboxylic acids is 1. The number of nitrogens with two attached hydrogens (primary N) is 1. The zero-order chi connectivity index (χ0) is 23.6. The summed E-state index contributed by atoms with van der Waals surface area (Å²) in [7, 11) is 0. The van der Waals surface area contributed by atoms with E-state index < -0.39 is 29.3 Å². The molecule has 0 aliphatic heterocycles. The van der Waals surface area contributed by atoms with Gasteiger partial charge in [-0.25, -0.2) is 9.07 Å². The molecule has 2 atom stereocenters. The lowest BCUT2D eigenvalue weighted by Gasteiger charge is -2.46. The fraction of sp³-hybridized carbons (Fsp3) is 0.565. The molecular formula is C23H30F3N3O2. The Morgan fingerprint density at radius 2 is 2.00 bits per heavy atom. The molecule has 2 unspecified atom stereocenters. The molecule has 0 bridgehead atoms. The molecule has 1 aromatic rings. The Balaban J connectivity index is 2.35. The van der Waals surface area contributed by atoms with Crippen molar-refractivity contribution in [2.24, 2.45) is 16.6 Å². The van der Waals surface area contributed by atoms with Gasteiger partial charge in [-0.15, -0.1) is 0 Å². The highest BCUT2D eigenvalue weighted by atomic mass is 19.3. The molecule has 5 nitrogen and oxygen atoms in total. The summed E-state index contributed by atoms with van der Waals surface area (Å²) in [5.41, 5.74) is 4.19. The molecule has 0 saturated carbocycles. The van der Waals surface area contributed by atoms with Crippen molar-refractivity contribution in [3.8, 4) is 11.8 Å². The van der Waals surface area contributed by atoms with Crippen LogP contribution in [-0.4, -0.2) is 27.4 Å². The van der Waals surface area contributed by atoms with E-state index in [0.29, 0.717) is 4.68 Å². The highest BCUT2D eigenvalue weighted by Gasteiger charge is 2.53. The van der Waals surface area contributed by atoms with Gasteiger partial charge in [0.25, 0.3) is 0 Å². The predicted octanol–water partition coefficient (Wildman–Crippen LogP) is 4.90. The first-order valence-electron chi connectivity index (χ1n) is 10.1. The van der Waals surface area contributed by atoms with Crippen LogP contribution < -0.4 is 5.73 Å². The quantitative estimate of drug-likeness (QED) is 0.525. The number of hydrogen-bond donors (Lipinski definition) is 1. The number of rotatable bonds is 5. The molecule has 2 N–H and O–H groups in total. The van der Waals surface area contributed by atoms with E-state index in [1.54, 1.807) is 26.8 Å². The van der Waals surface area contributed by atoms with Crippen molar-refractivity contribution < 1.29 is 22.7 Å². The molecular weight excluding hydrogens is 407 g/mol. The molecule has 1 heterocycles. The summed E-state index contributed by atoms with van der Waals surface area (Å²) in [5.74, 6) is 4.09. The normalized spacial score (nSPS) is 21.2. The van der Waals surface area contributed by atoms with Crippen molar-refractivity contribution in [2.45, 2.75) is 72.6 Å². The molecule has 2 rings (SSSR count). The second-order valence-corrected chi connectivity index (χ2v) is 9.63. The Morgan fingerprint density at radius 1 is 1.35 bits per heavy atom. The third kappa shape index (κ3) is 5.79. The molecule has 0 aromatic carbocycles. The van der Waals surface area contributed by atoms with Crippen LogP contribution in [0.3, 0.4) is 0 Å². The summed E-state index contributed by atoms with van der Waals surface area (Å²) in [6.07, 6.45) is 5.36. The molecule has 8 heteroatoms. The van der Waals surface area contributed by atoms with Crippen LogP contribution in [0.15, 0.2) is 35.9 Å². The van der Waals surface area contributed by atoms with Gasteiger partial charge in [0.05, 0.1) is 23.4 Å². The average molecular weight is 438 g/mol. The minimum Gasteiger partial charge on any atom is -0.462 e. The van der Waals surface area contributed by atoms with Gasteiger partial charge in [-0.1, -0.05) is 45.6 Å². The second kappa shape index (κ2) is 8.91. The summed E-state index contributed by atoms with van der Waals surface area (Å²) in [4.78, 5) is 13.0. The van der Waals surface area contributed by atoms with Gasteiger partial charge in [0, 0.05) is 11.6 Å². The highest BCUT2D eigenvalue weighted by molar-refractivity contribution is 5.83. The topological polar surface area (TPSA) is 70.1 Å². The first-order chi connectivity index (χ1) is 14.2. The number of ether oxygens (including phenoxy) is 1. The molecule has 0 saturated heterocycles. The van der Waals surface area contributed by atoms with E-state index in [2.05, 4.69) is 16.9 Å². The number of nitrogens with zero attached hydrogens (tertiary/aromatic N) is 2. The molecule has 170 valence electrons. The van der Waals surface area contributed by atoms with E-state index in [1.165, 1.54) is 12.3 Å². The van der Waals surface area contributed by atoms with Crippen LogP contribution in [0.1, 0.15) is 66.5 Å². The van der Waals surface area contributed by atoms with Crippen molar-refractivity contribution in [3.63, 3.8) is 0 Å². The van der Waals surface area contributed by atoms with Gasteiger partial charge in [0.15, 0.2) is 0 Å². The Bertz CT molecular complexity index is 947. The second-order valence-electron chi connectivity index (χ2n) is 9.63. The Labute approximate surface area is 181 Å². The first-order valence-corrected chi connectivity index (χ1v) is 10.1. The van der Waals surface area contributed by atoms with Gasteiger partial charge in [0.1, 0.15) is 11.4 Å². The van der Waals surface area contributed by atoms with E-state index in [4.69, 9.17) is 10.5 Å². The van der Waals surface area contributed by atoms with Gasteiger partial charge >= 0.3 is 12.5 Å². The number of esters is 1. The molecule has 31 heavy (non-hydrogen) atoms. The van der Waals surface area contributed by atoms with E-state index in [1.807, 2.05) is 20.8 Å². The van der Waals surface area contributed by atoms with Crippen molar-refractivity contribution in [2.75, 3.05) is 0 Å². The zero-order valence-corrected chi connectivity index (χ0v) is 18.8. The van der Waals surface area contributed by atoms with Crippen LogP contribution in [0.4, 0.5) is 13.2 Å². The largest absolute Gasteiger partial charge is 0.462 e. The van der Waals surface area contributed by atoms with Crippen LogP contribution >= 0.6 is 0 Å². The Hall–Kier alpha value is -2.53. The molecule has 0 amide bonds. The Kier molecular flexibility index (Phi) is 7.11. The van der Waals surface area contributed by atoms with Crippen molar-refractivity contribution >= 4 is 5.97 Å². The lowest BCUT2D eigenvalue weighted by atomic mass is 9.61. The van der Waals surface area contributed by atoms with Gasteiger partial charge in [0.2, 0.25) is 0 Å². The van der Waals surface area contributed by atoms with Crippen molar-refractivity contribution in [1.29, 1.82) is 0 Å². The fourth-order valence-corrected chi connectivity index (χ4v) is 3.56. The molecule has 0 radical (unpaired) electrons. The fourth-order valence-electron chi connectivity index (χ4n) is 3.56. The lowest BCUT2D eigenvalue weighted by Crippen LogP contribution is -2.62. The molecule has 1 aliphatic rings. The number of halogens is 3. The average Bonchev–Trinajstić information content (AvgIpc) is 3.08. The maximum Gasteiger partial charge on any atom is 0.333 e. The van der Waals surface area contributed by atoms with Gasteiger partial charge in [-0.2, -0.15) is 13.9 Å². The van der Waals surface area contributed by atoms with Crippen LogP contribution in [0.25, 0.3) is 0 Å². The minimum absolute atomic E-state index is 0.109. The van der Waals surface area contributed by atoms with Gasteiger partial charge < -0.3 is 10.5 Å². The predicted molar refractivity (Wildman–Crippen MR) is 113 cm³/mol. The van der Waals surface area contributed by atoms with Crippen LogP contribution in [-0.2, 0) is 9.53 Å². The molecule has 1 aromatic heterocycles. The number of carbonyl (C=O) groups is 1. The van der Waals surface area contributed by atoms with Crippen LogP contribution in [0, 0.1) is 22.7 Å².